The van der Waals surface area contributed by atoms with Gasteiger partial charge in [-0.15, -0.1) is 0 Å². The third-order valence-corrected chi connectivity index (χ3v) is 3.71. The molecule has 6 heteroatoms. The molecule has 0 heterocycles. The molecule has 0 saturated heterocycles. The van der Waals surface area contributed by atoms with E-state index >= 15 is 0 Å². The number of esters is 1. The number of rotatable bonds is 5. The fourth-order valence-electron chi connectivity index (χ4n) is 1.92. The minimum atomic E-state index is -0.563. The van der Waals surface area contributed by atoms with Gasteiger partial charge in [-0.05, 0) is 36.4 Å². The van der Waals surface area contributed by atoms with E-state index in [0.717, 1.165) is 5.69 Å². The molecule has 0 amide bonds. The maximum atomic E-state index is 12.1. The number of benzene rings is 2. The zero-order valence-electron chi connectivity index (χ0n) is 12.7. The molecule has 0 aromatic heterocycles. The molecule has 0 unspecified atom stereocenters. The van der Waals surface area contributed by atoms with Crippen LogP contribution in [0.3, 0.4) is 0 Å². The van der Waals surface area contributed by atoms with E-state index in [0.29, 0.717) is 10.6 Å². The van der Waals surface area contributed by atoms with Gasteiger partial charge < -0.3 is 9.64 Å². The predicted molar refractivity (Wildman–Crippen MR) is 91.8 cm³/mol. The van der Waals surface area contributed by atoms with Crippen molar-refractivity contribution < 1.29 is 14.3 Å². The van der Waals surface area contributed by atoms with Crippen molar-refractivity contribution in [2.45, 2.75) is 0 Å². The first kappa shape index (κ1) is 17.3. The normalized spacial score (nSPS) is 10.3. The van der Waals surface area contributed by atoms with Crippen molar-refractivity contribution in [2.24, 2.45) is 0 Å². The average molecular weight is 352 g/mol. The summed E-state index contributed by atoms with van der Waals surface area (Å²) in [5.74, 6) is -0.948. The molecule has 23 heavy (non-hydrogen) atoms. The number of Topliss-reactive ketones (excluding diaryl/α,β-unsaturated/α-hetero) is 1. The minimum Gasteiger partial charge on any atom is -0.454 e. The van der Waals surface area contributed by atoms with Gasteiger partial charge in [-0.2, -0.15) is 0 Å². The highest BCUT2D eigenvalue weighted by Crippen LogP contribution is 2.21. The van der Waals surface area contributed by atoms with Crippen LogP contribution < -0.4 is 4.90 Å². The maximum absolute atomic E-state index is 12.1. The summed E-state index contributed by atoms with van der Waals surface area (Å²) in [4.78, 5) is 26.0. The van der Waals surface area contributed by atoms with Crippen molar-refractivity contribution in [3.05, 3.63) is 63.6 Å². The largest absolute Gasteiger partial charge is 0.454 e. The van der Waals surface area contributed by atoms with E-state index in [9.17, 15) is 9.59 Å². The molecule has 0 spiro atoms. The highest BCUT2D eigenvalue weighted by molar-refractivity contribution is 6.36. The predicted octanol–water partition coefficient (Wildman–Crippen LogP) is 4.10. The Balaban J connectivity index is 2.04. The van der Waals surface area contributed by atoms with Gasteiger partial charge in [0.2, 0.25) is 5.78 Å². The molecule has 0 bridgehead atoms. The van der Waals surface area contributed by atoms with Crippen LogP contribution in [0, 0.1) is 0 Å². The SMILES string of the molecule is CN(C)c1cccc(C(=O)OCC(=O)c2ccc(Cl)cc2Cl)c1. The lowest BCUT2D eigenvalue weighted by molar-refractivity contribution is 0.0475. The molecule has 2 aromatic carbocycles. The number of ether oxygens (including phenoxy) is 1. The van der Waals surface area contributed by atoms with Gasteiger partial charge in [0.15, 0.2) is 6.61 Å². The molecule has 2 aromatic rings. The second kappa shape index (κ2) is 7.49. The van der Waals surface area contributed by atoms with Crippen molar-refractivity contribution in [3.8, 4) is 0 Å². The van der Waals surface area contributed by atoms with Crippen molar-refractivity contribution in [1.82, 2.24) is 0 Å². The number of nitrogens with zero attached hydrogens (tertiary/aromatic N) is 1. The summed E-state index contributed by atoms with van der Waals surface area (Å²) in [5.41, 5.74) is 1.52. The first-order valence-electron chi connectivity index (χ1n) is 6.81. The molecule has 120 valence electrons. The number of hydrogen-bond donors (Lipinski definition) is 0. The van der Waals surface area contributed by atoms with Crippen LogP contribution in [0.15, 0.2) is 42.5 Å². The molecule has 0 fully saturated rings. The molecular weight excluding hydrogens is 337 g/mol. The summed E-state index contributed by atoms with van der Waals surface area (Å²) in [6.07, 6.45) is 0. The Morgan fingerprint density at radius 3 is 2.48 bits per heavy atom. The molecular formula is C17H15Cl2NO3. The van der Waals surface area contributed by atoms with Gasteiger partial charge in [-0.25, -0.2) is 4.79 Å². The standard InChI is InChI=1S/C17H15Cl2NO3/c1-20(2)13-5-3-4-11(8-13)17(22)23-10-16(21)14-7-6-12(18)9-15(14)19/h3-9H,10H2,1-2H3. The number of carbonyl (C=O) groups excluding carboxylic acids is 2. The van der Waals surface area contributed by atoms with E-state index < -0.39 is 5.97 Å². The second-order valence-electron chi connectivity index (χ2n) is 5.07. The third-order valence-electron chi connectivity index (χ3n) is 3.16. The number of halogens is 2. The third kappa shape index (κ3) is 4.47. The Bertz CT molecular complexity index is 744. The van der Waals surface area contributed by atoms with E-state index in [1.54, 1.807) is 24.3 Å². The summed E-state index contributed by atoms with van der Waals surface area (Å²) >= 11 is 11.7. The first-order chi connectivity index (χ1) is 10.9. The Hall–Kier alpha value is -2.04. The van der Waals surface area contributed by atoms with E-state index in [1.165, 1.54) is 12.1 Å². The van der Waals surface area contributed by atoms with Crippen LogP contribution in [0.1, 0.15) is 20.7 Å². The topological polar surface area (TPSA) is 46.6 Å². The fourth-order valence-corrected chi connectivity index (χ4v) is 2.43. The molecule has 0 aliphatic carbocycles. The van der Waals surface area contributed by atoms with Crippen molar-refractivity contribution in [1.29, 1.82) is 0 Å². The van der Waals surface area contributed by atoms with Gasteiger partial charge >= 0.3 is 5.97 Å². The zero-order chi connectivity index (χ0) is 17.0. The van der Waals surface area contributed by atoms with E-state index in [-0.39, 0.29) is 23.0 Å². The van der Waals surface area contributed by atoms with Gasteiger partial charge in [0.1, 0.15) is 0 Å². The number of hydrogen-bond acceptors (Lipinski definition) is 4. The molecule has 0 aliphatic rings. The molecule has 0 aliphatic heterocycles. The first-order valence-corrected chi connectivity index (χ1v) is 7.57. The molecule has 0 radical (unpaired) electrons. The summed E-state index contributed by atoms with van der Waals surface area (Å²) in [7, 11) is 3.74. The van der Waals surface area contributed by atoms with Gasteiger partial charge in [-0.3, -0.25) is 4.79 Å². The van der Waals surface area contributed by atoms with Crippen LogP contribution in [-0.4, -0.2) is 32.5 Å². The average Bonchev–Trinajstić information content (AvgIpc) is 2.52. The quantitative estimate of drug-likeness (QED) is 0.600. The second-order valence-corrected chi connectivity index (χ2v) is 5.91. The molecule has 0 N–H and O–H groups in total. The lowest BCUT2D eigenvalue weighted by atomic mass is 10.1. The highest BCUT2D eigenvalue weighted by Gasteiger charge is 2.15. The monoisotopic (exact) mass is 351 g/mol. The van der Waals surface area contributed by atoms with Crippen LogP contribution in [-0.2, 0) is 4.74 Å². The Morgan fingerprint density at radius 1 is 1.09 bits per heavy atom. The number of anilines is 1. The van der Waals surface area contributed by atoms with Crippen LogP contribution in [0.5, 0.6) is 0 Å². The Labute approximate surface area is 144 Å². The highest BCUT2D eigenvalue weighted by atomic mass is 35.5. The van der Waals surface area contributed by atoms with Crippen LogP contribution >= 0.6 is 23.2 Å². The lowest BCUT2D eigenvalue weighted by Gasteiger charge is -2.13. The summed E-state index contributed by atoms with van der Waals surface area (Å²) in [6.45, 7) is -0.383. The summed E-state index contributed by atoms with van der Waals surface area (Å²) in [5, 5.41) is 0.664. The Morgan fingerprint density at radius 2 is 1.83 bits per heavy atom. The number of carbonyl (C=O) groups is 2. The van der Waals surface area contributed by atoms with Crippen molar-refractivity contribution in [3.63, 3.8) is 0 Å². The molecule has 2 rings (SSSR count). The van der Waals surface area contributed by atoms with Gasteiger partial charge in [0.25, 0.3) is 0 Å². The van der Waals surface area contributed by atoms with Crippen LogP contribution in [0.4, 0.5) is 5.69 Å². The smallest absolute Gasteiger partial charge is 0.338 e. The molecule has 0 saturated carbocycles. The summed E-state index contributed by atoms with van der Waals surface area (Å²) in [6, 6.07) is 11.5. The van der Waals surface area contributed by atoms with Gasteiger partial charge in [-0.1, -0.05) is 29.3 Å². The molecule has 0 atom stereocenters. The van der Waals surface area contributed by atoms with E-state index in [2.05, 4.69) is 0 Å². The Kier molecular flexibility index (Phi) is 5.64. The van der Waals surface area contributed by atoms with Crippen molar-refractivity contribution >= 4 is 40.6 Å². The zero-order valence-corrected chi connectivity index (χ0v) is 14.2. The maximum Gasteiger partial charge on any atom is 0.338 e. The van der Waals surface area contributed by atoms with E-state index in [4.69, 9.17) is 27.9 Å². The fraction of sp³-hybridized carbons (Fsp3) is 0.176. The van der Waals surface area contributed by atoms with Gasteiger partial charge in [0, 0.05) is 30.4 Å². The summed E-state index contributed by atoms with van der Waals surface area (Å²) < 4.78 is 5.07. The van der Waals surface area contributed by atoms with E-state index in [1.807, 2.05) is 25.1 Å². The van der Waals surface area contributed by atoms with Crippen LogP contribution in [0.25, 0.3) is 0 Å². The lowest BCUT2D eigenvalue weighted by Crippen LogP contribution is -2.15. The number of ketones is 1. The molecule has 4 nitrogen and oxygen atoms in total. The van der Waals surface area contributed by atoms with Crippen molar-refractivity contribution in [2.75, 3.05) is 25.6 Å². The van der Waals surface area contributed by atoms with Crippen LogP contribution in [0.2, 0.25) is 10.0 Å². The minimum absolute atomic E-state index is 0.230. The van der Waals surface area contributed by atoms with Gasteiger partial charge in [0.05, 0.1) is 10.6 Å².